The fourth-order valence-corrected chi connectivity index (χ4v) is 3.49. The number of hydrogen-bond acceptors (Lipinski definition) is 7. The second-order valence-corrected chi connectivity index (χ2v) is 7.30. The number of benzene rings is 1. The van der Waals surface area contributed by atoms with Gasteiger partial charge >= 0.3 is 0 Å². The average Bonchev–Trinajstić information content (AvgIpc) is 2.80. The Hall–Kier alpha value is -3.33. The van der Waals surface area contributed by atoms with E-state index in [1.54, 1.807) is 23.1 Å². The van der Waals surface area contributed by atoms with Gasteiger partial charge in [0.2, 0.25) is 17.7 Å². The van der Waals surface area contributed by atoms with Gasteiger partial charge in [0.25, 0.3) is 5.91 Å². The summed E-state index contributed by atoms with van der Waals surface area (Å²) in [7, 11) is 2.97. The number of nitrogens with one attached hydrogen (secondary N) is 2. The highest BCUT2D eigenvalue weighted by Crippen LogP contribution is 2.27. The van der Waals surface area contributed by atoms with Crippen LogP contribution in [-0.2, 0) is 4.79 Å². The van der Waals surface area contributed by atoms with Gasteiger partial charge in [0.1, 0.15) is 10.8 Å². The largest absolute Gasteiger partial charge is 0.495 e. The van der Waals surface area contributed by atoms with Crippen molar-refractivity contribution in [3.63, 3.8) is 0 Å². The lowest BCUT2D eigenvalue weighted by Crippen LogP contribution is -2.45. The lowest BCUT2D eigenvalue weighted by Gasteiger charge is -2.33. The second kappa shape index (κ2) is 10.1. The van der Waals surface area contributed by atoms with Crippen LogP contribution in [0.1, 0.15) is 23.2 Å². The number of rotatable bonds is 7. The predicted molar refractivity (Wildman–Crippen MR) is 118 cm³/mol. The molecule has 164 valence electrons. The van der Waals surface area contributed by atoms with Crippen molar-refractivity contribution in [1.82, 2.24) is 14.9 Å². The second-order valence-electron chi connectivity index (χ2n) is 6.89. The smallest absolute Gasteiger partial charge is 0.254 e. The van der Waals surface area contributed by atoms with Crippen LogP contribution in [0.15, 0.2) is 37.1 Å². The number of carbonyl (C=O) groups excluding carboxylic acids is 2. The Morgan fingerprint density at radius 2 is 2.13 bits per heavy atom. The molecule has 2 heterocycles. The van der Waals surface area contributed by atoms with Gasteiger partial charge in [-0.2, -0.15) is 4.98 Å². The number of halogens is 1. The molecule has 1 aliphatic rings. The molecule has 2 aromatic rings. The van der Waals surface area contributed by atoms with Crippen molar-refractivity contribution in [2.75, 3.05) is 37.9 Å². The topological polar surface area (TPSA) is 106 Å². The zero-order valence-electron chi connectivity index (χ0n) is 17.4. The quantitative estimate of drug-likeness (QED) is 0.631. The number of piperidine rings is 1. The van der Waals surface area contributed by atoms with Crippen LogP contribution in [0.5, 0.6) is 11.6 Å². The minimum atomic E-state index is -0.358. The van der Waals surface area contributed by atoms with E-state index in [9.17, 15) is 9.59 Å². The molecule has 1 fully saturated rings. The van der Waals surface area contributed by atoms with E-state index in [4.69, 9.17) is 21.1 Å². The third-order valence-electron chi connectivity index (χ3n) is 4.84. The van der Waals surface area contributed by atoms with E-state index >= 15 is 0 Å². The summed E-state index contributed by atoms with van der Waals surface area (Å²) >= 11 is 5.97. The number of amides is 2. The summed E-state index contributed by atoms with van der Waals surface area (Å²) in [5, 5.41) is 6.23. The Morgan fingerprint density at radius 3 is 2.84 bits per heavy atom. The molecule has 0 spiro atoms. The Labute approximate surface area is 185 Å². The van der Waals surface area contributed by atoms with E-state index in [0.717, 1.165) is 12.8 Å². The number of carbonyl (C=O) groups is 2. The van der Waals surface area contributed by atoms with E-state index in [-0.39, 0.29) is 17.9 Å². The van der Waals surface area contributed by atoms with Gasteiger partial charge in [-0.1, -0.05) is 18.2 Å². The molecular weight excluding hydrogens is 422 g/mol. The predicted octanol–water partition coefficient (Wildman–Crippen LogP) is 2.99. The van der Waals surface area contributed by atoms with E-state index in [1.807, 2.05) is 0 Å². The number of nitrogens with zero attached hydrogens (tertiary/aromatic N) is 3. The average molecular weight is 446 g/mol. The van der Waals surface area contributed by atoms with Gasteiger partial charge in [-0.05, 0) is 37.1 Å². The van der Waals surface area contributed by atoms with Crippen molar-refractivity contribution < 1.29 is 19.1 Å². The molecule has 1 atom stereocenters. The van der Waals surface area contributed by atoms with E-state index in [1.165, 1.54) is 26.5 Å². The van der Waals surface area contributed by atoms with Crippen molar-refractivity contribution in [3.05, 3.63) is 47.6 Å². The molecule has 0 radical (unpaired) electrons. The lowest BCUT2D eigenvalue weighted by molar-refractivity contribution is -0.111. The van der Waals surface area contributed by atoms with E-state index in [2.05, 4.69) is 27.2 Å². The molecule has 1 aromatic carbocycles. The minimum absolute atomic E-state index is 0.0170. The van der Waals surface area contributed by atoms with Gasteiger partial charge in [0.15, 0.2) is 0 Å². The summed E-state index contributed by atoms with van der Waals surface area (Å²) in [6.07, 6.45) is 4.34. The van der Waals surface area contributed by atoms with Crippen LogP contribution >= 0.6 is 11.6 Å². The first-order chi connectivity index (χ1) is 14.9. The van der Waals surface area contributed by atoms with Crippen molar-refractivity contribution in [2.45, 2.75) is 18.9 Å². The maximum Gasteiger partial charge on any atom is 0.254 e. The number of likely N-dealkylation sites (tertiary alicyclic amines) is 1. The molecule has 2 N–H and O–H groups in total. The molecule has 3 rings (SSSR count). The molecule has 1 saturated heterocycles. The molecule has 1 aliphatic heterocycles. The SMILES string of the molecule is C=CC(=O)Nc1ccc(C(=O)N2CCC[C@H](Nc3ncc(Cl)c(OC)n3)C2)cc1OC. The normalized spacial score (nSPS) is 15.7. The van der Waals surface area contributed by atoms with Crippen molar-refractivity contribution >= 4 is 35.1 Å². The highest BCUT2D eigenvalue weighted by atomic mass is 35.5. The maximum absolute atomic E-state index is 13.1. The minimum Gasteiger partial charge on any atom is -0.495 e. The number of aromatic nitrogens is 2. The Bertz CT molecular complexity index is 984. The zero-order chi connectivity index (χ0) is 22.4. The summed E-state index contributed by atoms with van der Waals surface area (Å²) < 4.78 is 10.5. The monoisotopic (exact) mass is 445 g/mol. The van der Waals surface area contributed by atoms with Crippen LogP contribution in [0.2, 0.25) is 5.02 Å². The third kappa shape index (κ3) is 5.43. The van der Waals surface area contributed by atoms with E-state index < -0.39 is 0 Å². The van der Waals surface area contributed by atoms with Gasteiger partial charge in [-0.3, -0.25) is 9.59 Å². The third-order valence-corrected chi connectivity index (χ3v) is 5.10. The standard InChI is InChI=1S/C21H24ClN5O4/c1-4-18(28)25-16-8-7-13(10-17(16)30-2)20(29)27-9-5-6-14(12-27)24-21-23-11-15(22)19(26-21)31-3/h4,7-8,10-11,14H,1,5-6,9,12H2,2-3H3,(H,25,28)(H,23,24,26)/t14-/m0/s1. The van der Waals surface area contributed by atoms with Crippen molar-refractivity contribution in [3.8, 4) is 11.6 Å². The number of methoxy groups -OCH3 is 2. The van der Waals surface area contributed by atoms with Crippen LogP contribution in [0.3, 0.4) is 0 Å². The van der Waals surface area contributed by atoms with Crippen molar-refractivity contribution in [2.24, 2.45) is 0 Å². The Morgan fingerprint density at radius 1 is 1.32 bits per heavy atom. The Kier molecular flexibility index (Phi) is 7.30. The molecule has 10 heteroatoms. The van der Waals surface area contributed by atoms with Gasteiger partial charge < -0.3 is 25.0 Å². The number of hydrogen-bond donors (Lipinski definition) is 2. The van der Waals surface area contributed by atoms with Gasteiger partial charge in [-0.25, -0.2) is 4.98 Å². The first kappa shape index (κ1) is 22.4. The Balaban J connectivity index is 1.70. The van der Waals surface area contributed by atoms with Gasteiger partial charge in [0.05, 0.1) is 26.1 Å². The van der Waals surface area contributed by atoms with Gasteiger partial charge in [-0.15, -0.1) is 0 Å². The van der Waals surface area contributed by atoms with E-state index in [0.29, 0.717) is 46.9 Å². The van der Waals surface area contributed by atoms with Crippen LogP contribution in [0, 0.1) is 0 Å². The highest BCUT2D eigenvalue weighted by Gasteiger charge is 2.26. The summed E-state index contributed by atoms with van der Waals surface area (Å²) in [6.45, 7) is 4.56. The molecule has 31 heavy (non-hydrogen) atoms. The lowest BCUT2D eigenvalue weighted by atomic mass is 10.0. The van der Waals surface area contributed by atoms with Crippen LogP contribution in [-0.4, -0.2) is 60.0 Å². The molecular formula is C21H24ClN5O4. The molecule has 0 unspecified atom stereocenters. The highest BCUT2D eigenvalue weighted by molar-refractivity contribution is 6.31. The first-order valence-electron chi connectivity index (χ1n) is 9.69. The number of anilines is 2. The fourth-order valence-electron chi connectivity index (χ4n) is 3.32. The molecule has 9 nitrogen and oxygen atoms in total. The molecule has 0 aliphatic carbocycles. The van der Waals surface area contributed by atoms with Crippen molar-refractivity contribution in [1.29, 1.82) is 0 Å². The fraction of sp³-hybridized carbons (Fsp3) is 0.333. The summed E-state index contributed by atoms with van der Waals surface area (Å²) in [4.78, 5) is 34.8. The molecule has 0 bridgehead atoms. The molecule has 1 aromatic heterocycles. The van der Waals surface area contributed by atoms with Crippen LogP contribution < -0.4 is 20.1 Å². The summed E-state index contributed by atoms with van der Waals surface area (Å²) in [6, 6.07) is 4.90. The van der Waals surface area contributed by atoms with Crippen LogP contribution in [0.25, 0.3) is 0 Å². The molecule has 2 amide bonds. The van der Waals surface area contributed by atoms with Crippen LogP contribution in [0.4, 0.5) is 11.6 Å². The zero-order valence-corrected chi connectivity index (χ0v) is 18.1. The maximum atomic E-state index is 13.1. The number of ether oxygens (including phenoxy) is 2. The summed E-state index contributed by atoms with van der Waals surface area (Å²) in [5.41, 5.74) is 0.939. The van der Waals surface area contributed by atoms with Gasteiger partial charge in [0, 0.05) is 24.7 Å². The first-order valence-corrected chi connectivity index (χ1v) is 10.1. The summed E-state index contributed by atoms with van der Waals surface area (Å²) in [5.74, 6) is 0.599. The molecule has 0 saturated carbocycles.